The molecule has 1 saturated heterocycles. The van der Waals surface area contributed by atoms with Crippen LogP contribution >= 0.6 is 0 Å². The fourth-order valence-electron chi connectivity index (χ4n) is 2.94. The maximum absolute atomic E-state index is 6.23. The van der Waals surface area contributed by atoms with Crippen LogP contribution in [-0.4, -0.2) is 31.5 Å². The molecular weight excluding hydrogens is 202 g/mol. The monoisotopic (exact) mass is 227 g/mol. The summed E-state index contributed by atoms with van der Waals surface area (Å²) in [6, 6.07) is 0. The summed E-state index contributed by atoms with van der Waals surface area (Å²) >= 11 is 0. The Morgan fingerprint density at radius 1 is 1.31 bits per heavy atom. The highest BCUT2D eigenvalue weighted by Crippen LogP contribution is 2.37. The Kier molecular flexibility index (Phi) is 4.22. The lowest BCUT2D eigenvalue weighted by Gasteiger charge is -2.40. The fraction of sp³-hybridized carbons (Fsp3) is 1.00. The zero-order chi connectivity index (χ0) is 11.4. The zero-order valence-corrected chi connectivity index (χ0v) is 10.4. The van der Waals surface area contributed by atoms with Crippen molar-refractivity contribution in [3.63, 3.8) is 0 Å². The number of nitrogens with two attached hydrogens (primary N) is 1. The average molecular weight is 227 g/mol. The highest BCUT2D eigenvalue weighted by molar-refractivity contribution is 4.89. The van der Waals surface area contributed by atoms with E-state index < -0.39 is 0 Å². The lowest BCUT2D eigenvalue weighted by atomic mass is 9.77. The minimum atomic E-state index is -0.0377. The Balaban J connectivity index is 1.87. The van der Waals surface area contributed by atoms with Gasteiger partial charge < -0.3 is 15.2 Å². The standard InChI is InChI=1S/C13H25NO2/c1-2-11-3-6-13(10-14,7-4-11)16-12-5-8-15-9-12/h11-12H,2-10,14H2,1H3. The van der Waals surface area contributed by atoms with E-state index in [1.807, 2.05) is 0 Å². The Labute approximate surface area is 98.7 Å². The third-order valence-corrected chi connectivity index (χ3v) is 4.27. The van der Waals surface area contributed by atoms with Gasteiger partial charge in [0.2, 0.25) is 0 Å². The second kappa shape index (κ2) is 5.48. The molecule has 1 unspecified atom stereocenters. The molecule has 3 heteroatoms. The quantitative estimate of drug-likeness (QED) is 0.800. The van der Waals surface area contributed by atoms with Crippen LogP contribution < -0.4 is 5.73 Å². The molecule has 2 rings (SSSR count). The van der Waals surface area contributed by atoms with Crippen molar-refractivity contribution < 1.29 is 9.47 Å². The Morgan fingerprint density at radius 3 is 2.56 bits per heavy atom. The third kappa shape index (κ3) is 2.76. The smallest absolute Gasteiger partial charge is 0.0838 e. The first-order chi connectivity index (χ1) is 7.78. The van der Waals surface area contributed by atoms with Crippen LogP contribution in [0.15, 0.2) is 0 Å². The first kappa shape index (κ1) is 12.3. The Morgan fingerprint density at radius 2 is 2.06 bits per heavy atom. The van der Waals surface area contributed by atoms with Gasteiger partial charge in [0, 0.05) is 13.2 Å². The van der Waals surface area contributed by atoms with Crippen LogP contribution in [0, 0.1) is 5.92 Å². The van der Waals surface area contributed by atoms with Crippen LogP contribution in [0.25, 0.3) is 0 Å². The van der Waals surface area contributed by atoms with Gasteiger partial charge in [0.25, 0.3) is 0 Å². The van der Waals surface area contributed by atoms with Gasteiger partial charge in [0.1, 0.15) is 0 Å². The summed E-state index contributed by atoms with van der Waals surface area (Å²) in [7, 11) is 0. The molecule has 0 aromatic rings. The zero-order valence-electron chi connectivity index (χ0n) is 10.4. The molecule has 1 aliphatic carbocycles. The molecule has 0 aromatic carbocycles. The van der Waals surface area contributed by atoms with E-state index in [0.717, 1.165) is 38.4 Å². The summed E-state index contributed by atoms with van der Waals surface area (Å²) in [4.78, 5) is 0. The van der Waals surface area contributed by atoms with E-state index in [4.69, 9.17) is 15.2 Å². The largest absolute Gasteiger partial charge is 0.379 e. The van der Waals surface area contributed by atoms with Crippen LogP contribution in [0.2, 0.25) is 0 Å². The molecule has 16 heavy (non-hydrogen) atoms. The summed E-state index contributed by atoms with van der Waals surface area (Å²) in [5, 5.41) is 0. The van der Waals surface area contributed by atoms with Crippen LogP contribution in [0.4, 0.5) is 0 Å². The highest BCUT2D eigenvalue weighted by Gasteiger charge is 2.37. The molecule has 1 heterocycles. The molecule has 0 amide bonds. The van der Waals surface area contributed by atoms with E-state index in [2.05, 4.69) is 6.92 Å². The molecule has 0 radical (unpaired) electrons. The molecule has 2 fully saturated rings. The summed E-state index contributed by atoms with van der Waals surface area (Å²) in [6.45, 7) is 4.56. The minimum Gasteiger partial charge on any atom is -0.379 e. The molecule has 3 nitrogen and oxygen atoms in total. The van der Waals surface area contributed by atoms with Gasteiger partial charge in [-0.15, -0.1) is 0 Å². The number of ether oxygens (including phenoxy) is 2. The van der Waals surface area contributed by atoms with Crippen molar-refractivity contribution in [3.8, 4) is 0 Å². The average Bonchev–Trinajstić information content (AvgIpc) is 2.83. The van der Waals surface area contributed by atoms with Crippen molar-refractivity contribution in [1.29, 1.82) is 0 Å². The second-order valence-corrected chi connectivity index (χ2v) is 5.34. The first-order valence-corrected chi connectivity index (χ1v) is 6.73. The lowest BCUT2D eigenvalue weighted by molar-refractivity contribution is -0.113. The van der Waals surface area contributed by atoms with E-state index in [0.29, 0.717) is 12.6 Å². The highest BCUT2D eigenvalue weighted by atomic mass is 16.6. The van der Waals surface area contributed by atoms with Crippen LogP contribution in [0.3, 0.4) is 0 Å². The number of hydrogen-bond donors (Lipinski definition) is 1. The summed E-state index contributed by atoms with van der Waals surface area (Å²) in [6.07, 6.45) is 7.47. The van der Waals surface area contributed by atoms with E-state index in [1.54, 1.807) is 0 Å². The van der Waals surface area contributed by atoms with Crippen LogP contribution in [0.1, 0.15) is 45.4 Å². The Bertz CT molecular complexity index is 206. The summed E-state index contributed by atoms with van der Waals surface area (Å²) in [5.41, 5.74) is 5.90. The minimum absolute atomic E-state index is 0.0377. The molecule has 0 aromatic heterocycles. The van der Waals surface area contributed by atoms with Crippen molar-refractivity contribution in [2.75, 3.05) is 19.8 Å². The normalized spacial score (nSPS) is 40.1. The molecule has 0 spiro atoms. The van der Waals surface area contributed by atoms with Crippen LogP contribution in [0.5, 0.6) is 0 Å². The second-order valence-electron chi connectivity index (χ2n) is 5.34. The molecule has 2 aliphatic rings. The summed E-state index contributed by atoms with van der Waals surface area (Å²) < 4.78 is 11.6. The maximum Gasteiger partial charge on any atom is 0.0838 e. The fourth-order valence-corrected chi connectivity index (χ4v) is 2.94. The predicted octanol–water partition coefficient (Wildman–Crippen LogP) is 2.09. The topological polar surface area (TPSA) is 44.5 Å². The van der Waals surface area contributed by atoms with E-state index in [1.165, 1.54) is 19.3 Å². The van der Waals surface area contributed by atoms with E-state index >= 15 is 0 Å². The number of hydrogen-bond acceptors (Lipinski definition) is 3. The van der Waals surface area contributed by atoms with E-state index in [-0.39, 0.29) is 5.60 Å². The van der Waals surface area contributed by atoms with Gasteiger partial charge >= 0.3 is 0 Å². The Hall–Kier alpha value is -0.120. The van der Waals surface area contributed by atoms with Gasteiger partial charge in [0.05, 0.1) is 18.3 Å². The molecule has 94 valence electrons. The van der Waals surface area contributed by atoms with Gasteiger partial charge in [-0.05, 0) is 38.0 Å². The van der Waals surface area contributed by atoms with Crippen molar-refractivity contribution in [2.24, 2.45) is 11.7 Å². The molecule has 1 saturated carbocycles. The van der Waals surface area contributed by atoms with Gasteiger partial charge in [-0.25, -0.2) is 0 Å². The van der Waals surface area contributed by atoms with E-state index in [9.17, 15) is 0 Å². The molecule has 1 atom stereocenters. The van der Waals surface area contributed by atoms with Gasteiger partial charge in [-0.2, -0.15) is 0 Å². The molecular formula is C13H25NO2. The lowest BCUT2D eigenvalue weighted by Crippen LogP contribution is -2.46. The third-order valence-electron chi connectivity index (χ3n) is 4.27. The number of rotatable bonds is 4. The van der Waals surface area contributed by atoms with Gasteiger partial charge in [0.15, 0.2) is 0 Å². The maximum atomic E-state index is 6.23. The van der Waals surface area contributed by atoms with Crippen molar-refractivity contribution in [1.82, 2.24) is 0 Å². The SMILES string of the molecule is CCC1CCC(CN)(OC2CCOC2)CC1. The van der Waals surface area contributed by atoms with Crippen LogP contribution in [-0.2, 0) is 9.47 Å². The molecule has 0 bridgehead atoms. The van der Waals surface area contributed by atoms with Crippen molar-refractivity contribution in [3.05, 3.63) is 0 Å². The summed E-state index contributed by atoms with van der Waals surface area (Å²) in [5.74, 6) is 0.892. The first-order valence-electron chi connectivity index (χ1n) is 6.73. The van der Waals surface area contributed by atoms with Gasteiger partial charge in [-0.1, -0.05) is 13.3 Å². The molecule has 2 N–H and O–H groups in total. The molecule has 1 aliphatic heterocycles. The van der Waals surface area contributed by atoms with Crippen molar-refractivity contribution >= 4 is 0 Å². The predicted molar refractivity (Wildman–Crippen MR) is 64.3 cm³/mol. The van der Waals surface area contributed by atoms with Gasteiger partial charge in [-0.3, -0.25) is 0 Å². The van der Waals surface area contributed by atoms with Crippen molar-refractivity contribution in [2.45, 2.75) is 57.2 Å².